The highest BCUT2D eigenvalue weighted by atomic mass is 16.3. The fraction of sp³-hybridized carbons (Fsp3) is 0. The molecule has 0 amide bonds. The molecule has 11 rings (SSSR count). The second-order valence-electron chi connectivity index (χ2n) is 13.9. The molecule has 0 aliphatic carbocycles. The number of rotatable bonds is 4. The molecule has 0 aliphatic rings. The summed E-state index contributed by atoms with van der Waals surface area (Å²) in [6.07, 6.45) is 0. The van der Waals surface area contributed by atoms with E-state index in [9.17, 15) is 0 Å². The smallest absolute Gasteiger partial charge is 0.143 e. The van der Waals surface area contributed by atoms with Gasteiger partial charge in [0.25, 0.3) is 0 Å². The lowest BCUT2D eigenvalue weighted by atomic mass is 9.83. The van der Waals surface area contributed by atoms with E-state index < -0.39 is 0 Å². The lowest BCUT2D eigenvalue weighted by Gasteiger charge is -2.20. The van der Waals surface area contributed by atoms with Crippen molar-refractivity contribution in [3.05, 3.63) is 194 Å². The molecule has 0 saturated heterocycles. The first-order valence-electron chi connectivity index (χ1n) is 18.3. The van der Waals surface area contributed by atoms with Gasteiger partial charge >= 0.3 is 0 Å². The molecule has 1 aromatic heterocycles. The molecule has 0 atom stereocenters. The van der Waals surface area contributed by atoms with Crippen LogP contribution in [0.2, 0.25) is 0 Å². The maximum Gasteiger partial charge on any atom is 0.143 e. The predicted molar refractivity (Wildman–Crippen MR) is 225 cm³/mol. The van der Waals surface area contributed by atoms with E-state index in [1.807, 2.05) is 0 Å². The van der Waals surface area contributed by atoms with E-state index in [4.69, 9.17) is 4.42 Å². The number of fused-ring (bicyclic) bond motifs is 10. The van der Waals surface area contributed by atoms with Crippen LogP contribution in [0.5, 0.6) is 0 Å². The second kappa shape index (κ2) is 11.8. The fourth-order valence-corrected chi connectivity index (χ4v) is 8.74. The molecule has 0 saturated carbocycles. The number of hydrogen-bond acceptors (Lipinski definition) is 1. The topological polar surface area (TPSA) is 13.1 Å². The molecular formula is C52H32O. The zero-order valence-electron chi connectivity index (χ0n) is 28.9. The minimum Gasteiger partial charge on any atom is -0.455 e. The molecule has 0 radical (unpaired) electrons. The van der Waals surface area contributed by atoms with Crippen LogP contribution in [0.4, 0.5) is 0 Å². The van der Waals surface area contributed by atoms with E-state index in [0.29, 0.717) is 0 Å². The van der Waals surface area contributed by atoms with Crippen molar-refractivity contribution in [2.45, 2.75) is 0 Å². The normalized spacial score (nSPS) is 11.8. The molecule has 11 aromatic rings. The average molecular weight is 673 g/mol. The Morgan fingerprint density at radius 2 is 0.755 bits per heavy atom. The van der Waals surface area contributed by atoms with Crippen LogP contribution in [0.1, 0.15) is 0 Å². The first-order valence-corrected chi connectivity index (χ1v) is 18.3. The van der Waals surface area contributed by atoms with Gasteiger partial charge in [0.05, 0.1) is 0 Å². The van der Waals surface area contributed by atoms with Gasteiger partial charge in [-0.3, -0.25) is 0 Å². The lowest BCUT2D eigenvalue weighted by Crippen LogP contribution is -1.92. The van der Waals surface area contributed by atoms with Crippen molar-refractivity contribution in [1.82, 2.24) is 0 Å². The van der Waals surface area contributed by atoms with E-state index in [-0.39, 0.29) is 0 Å². The van der Waals surface area contributed by atoms with Crippen molar-refractivity contribution >= 4 is 65.0 Å². The van der Waals surface area contributed by atoms with E-state index in [1.165, 1.54) is 76.5 Å². The Hall–Kier alpha value is -6.96. The highest BCUT2D eigenvalue weighted by Gasteiger charge is 2.20. The molecule has 0 N–H and O–H groups in total. The summed E-state index contributed by atoms with van der Waals surface area (Å²) in [5.74, 6) is 0. The summed E-state index contributed by atoms with van der Waals surface area (Å²) in [5.41, 5.74) is 11.6. The van der Waals surface area contributed by atoms with E-state index in [1.54, 1.807) is 0 Å². The van der Waals surface area contributed by atoms with E-state index in [0.717, 1.165) is 33.1 Å². The highest BCUT2D eigenvalue weighted by Crippen LogP contribution is 2.47. The Bertz CT molecular complexity index is 3160. The van der Waals surface area contributed by atoms with E-state index >= 15 is 0 Å². The van der Waals surface area contributed by atoms with Crippen molar-refractivity contribution in [3.8, 4) is 44.5 Å². The van der Waals surface area contributed by atoms with Crippen molar-refractivity contribution in [2.75, 3.05) is 0 Å². The van der Waals surface area contributed by atoms with Crippen molar-refractivity contribution in [2.24, 2.45) is 0 Å². The van der Waals surface area contributed by atoms with Crippen LogP contribution in [0.15, 0.2) is 199 Å². The van der Waals surface area contributed by atoms with Crippen LogP contribution in [0.3, 0.4) is 0 Å². The van der Waals surface area contributed by atoms with Gasteiger partial charge in [-0.2, -0.15) is 0 Å². The highest BCUT2D eigenvalue weighted by molar-refractivity contribution is 6.30. The minimum atomic E-state index is 0.904. The first-order chi connectivity index (χ1) is 26.3. The molecule has 0 bridgehead atoms. The summed E-state index contributed by atoms with van der Waals surface area (Å²) in [6.45, 7) is 0. The van der Waals surface area contributed by atoms with Crippen LogP contribution < -0.4 is 0 Å². The van der Waals surface area contributed by atoms with Crippen molar-refractivity contribution in [3.63, 3.8) is 0 Å². The van der Waals surface area contributed by atoms with Gasteiger partial charge in [-0.05, 0) is 100 Å². The average Bonchev–Trinajstić information content (AvgIpc) is 3.63. The van der Waals surface area contributed by atoms with Crippen LogP contribution >= 0.6 is 0 Å². The zero-order valence-corrected chi connectivity index (χ0v) is 28.9. The maximum atomic E-state index is 6.76. The van der Waals surface area contributed by atoms with Gasteiger partial charge in [0, 0.05) is 16.2 Å². The molecule has 53 heavy (non-hydrogen) atoms. The maximum absolute atomic E-state index is 6.76. The van der Waals surface area contributed by atoms with Crippen molar-refractivity contribution < 1.29 is 4.42 Å². The Kier molecular flexibility index (Phi) is 6.62. The Morgan fingerprint density at radius 1 is 0.264 bits per heavy atom. The Labute approximate surface area is 307 Å². The quantitative estimate of drug-likeness (QED) is 0.134. The summed E-state index contributed by atoms with van der Waals surface area (Å²) in [6, 6.07) is 70.4. The Morgan fingerprint density at radius 3 is 1.45 bits per heavy atom. The Balaban J connectivity index is 1.12. The fourth-order valence-electron chi connectivity index (χ4n) is 8.74. The van der Waals surface area contributed by atoms with Gasteiger partial charge in [0.1, 0.15) is 11.2 Å². The first kappa shape index (κ1) is 29.7. The summed E-state index contributed by atoms with van der Waals surface area (Å²) in [7, 11) is 0. The summed E-state index contributed by atoms with van der Waals surface area (Å²) in [5, 5.41) is 12.2. The molecule has 10 aromatic carbocycles. The zero-order chi connectivity index (χ0) is 34.9. The SMILES string of the molecule is c1ccc(-c2ccccc2-c2c3ccccc3c(-c3cccc(-c4ccc5c(c4)oc4c6ccccc6c6ccccc6c54)c3)c3ccccc23)cc1. The van der Waals surface area contributed by atoms with Gasteiger partial charge in [0.2, 0.25) is 0 Å². The monoisotopic (exact) mass is 672 g/mol. The van der Waals surface area contributed by atoms with Crippen molar-refractivity contribution in [1.29, 1.82) is 0 Å². The molecule has 0 unspecified atom stereocenters. The predicted octanol–water partition coefficient (Wildman–Crippen LogP) is 14.9. The van der Waals surface area contributed by atoms with Crippen LogP contribution in [-0.4, -0.2) is 0 Å². The third-order valence-electron chi connectivity index (χ3n) is 11.0. The van der Waals surface area contributed by atoms with Gasteiger partial charge in [-0.25, -0.2) is 0 Å². The third kappa shape index (κ3) is 4.58. The molecule has 246 valence electrons. The summed E-state index contributed by atoms with van der Waals surface area (Å²) in [4.78, 5) is 0. The van der Waals surface area contributed by atoms with Crippen LogP contribution in [0, 0.1) is 0 Å². The molecular weight excluding hydrogens is 641 g/mol. The minimum absolute atomic E-state index is 0.904. The van der Waals surface area contributed by atoms with Crippen LogP contribution in [0.25, 0.3) is 110 Å². The number of furan rings is 1. The molecule has 0 aliphatic heterocycles. The molecule has 0 spiro atoms. The second-order valence-corrected chi connectivity index (χ2v) is 13.9. The van der Waals surface area contributed by atoms with E-state index in [2.05, 4.69) is 194 Å². The summed E-state index contributed by atoms with van der Waals surface area (Å²) >= 11 is 0. The standard InChI is InChI=1S/C52H32O/c1-2-15-33(16-3-1)37-19-4-7-22-40(37)50-44-26-11-9-24-42(44)49(43-25-10-12-27-45(43)50)36-18-14-17-34(31-36)35-29-30-47-48(32-35)53-52-46-28-13-6-21-39(46)38-20-5-8-23-41(38)51(47)52/h1-32H. The molecule has 1 nitrogen and oxygen atoms in total. The summed E-state index contributed by atoms with van der Waals surface area (Å²) < 4.78 is 6.76. The van der Waals surface area contributed by atoms with Gasteiger partial charge < -0.3 is 4.42 Å². The van der Waals surface area contributed by atoms with Gasteiger partial charge in [-0.1, -0.05) is 176 Å². The molecule has 1 heterocycles. The lowest BCUT2D eigenvalue weighted by molar-refractivity contribution is 0.673. The van der Waals surface area contributed by atoms with Crippen LogP contribution in [-0.2, 0) is 0 Å². The van der Waals surface area contributed by atoms with Gasteiger partial charge in [0.15, 0.2) is 0 Å². The molecule has 0 fully saturated rings. The largest absolute Gasteiger partial charge is 0.455 e. The number of hydrogen-bond donors (Lipinski definition) is 0. The van der Waals surface area contributed by atoms with Gasteiger partial charge in [-0.15, -0.1) is 0 Å². The molecule has 1 heteroatoms. The number of benzene rings is 10. The third-order valence-corrected chi connectivity index (χ3v) is 11.0.